The van der Waals surface area contributed by atoms with E-state index < -0.39 is 0 Å². The molecule has 0 aliphatic carbocycles. The second-order valence-corrected chi connectivity index (χ2v) is 9.74. The maximum absolute atomic E-state index is 8.73. The summed E-state index contributed by atoms with van der Waals surface area (Å²) in [4.78, 5) is 0. The molecule has 1 unspecified atom stereocenters. The third kappa shape index (κ3) is 18.9. The molecule has 22 heavy (non-hydrogen) atoms. The zero-order valence-corrected chi connectivity index (χ0v) is 18.7. The predicted octanol–water partition coefficient (Wildman–Crippen LogP) is 6.32. The van der Waals surface area contributed by atoms with Crippen molar-refractivity contribution in [2.75, 3.05) is 6.61 Å². The van der Waals surface area contributed by atoms with E-state index in [0.29, 0.717) is 6.61 Å². The van der Waals surface area contributed by atoms with E-state index in [1.165, 1.54) is 103 Å². The summed E-state index contributed by atoms with van der Waals surface area (Å²) in [7, 11) is 0. The molecule has 0 aromatic rings. The van der Waals surface area contributed by atoms with Gasteiger partial charge in [0.2, 0.25) is 0 Å². The summed E-state index contributed by atoms with van der Waals surface area (Å²) < 4.78 is 1.04. The number of hydrogen-bond donors (Lipinski definition) is 1. The van der Waals surface area contributed by atoms with Gasteiger partial charge in [-0.2, -0.15) is 0 Å². The molecule has 1 N–H and O–H groups in total. The van der Waals surface area contributed by atoms with Crippen molar-refractivity contribution in [1.82, 2.24) is 0 Å². The van der Waals surface area contributed by atoms with Crippen molar-refractivity contribution < 1.29 is 5.11 Å². The number of rotatable bonds is 18. The summed E-state index contributed by atoms with van der Waals surface area (Å²) in [6.07, 6.45) is 23.8. The Morgan fingerprint density at radius 2 is 0.955 bits per heavy atom. The van der Waals surface area contributed by atoms with Crippen molar-refractivity contribution in [2.24, 2.45) is 0 Å². The van der Waals surface area contributed by atoms with Crippen LogP contribution in [-0.4, -0.2) is 36.8 Å². The molecule has 0 aliphatic rings. The van der Waals surface area contributed by atoms with Crippen LogP contribution in [0, 0.1) is 0 Å². The molecule has 0 rings (SSSR count). The van der Waals surface area contributed by atoms with Crippen LogP contribution in [0.3, 0.4) is 0 Å². The van der Waals surface area contributed by atoms with Crippen LogP contribution in [-0.2, 0) is 0 Å². The van der Waals surface area contributed by atoms with Gasteiger partial charge in [0.15, 0.2) is 0 Å². The molecule has 134 valence electrons. The van der Waals surface area contributed by atoms with Crippen LogP contribution in [0.15, 0.2) is 0 Å². The Morgan fingerprint density at radius 3 is 1.36 bits per heavy atom. The normalized spacial score (nSPS) is 12.7. The topological polar surface area (TPSA) is 20.2 Å². The molecule has 0 bridgehead atoms. The van der Waals surface area contributed by atoms with Gasteiger partial charge in [0.05, 0.1) is 0 Å². The van der Waals surface area contributed by atoms with Gasteiger partial charge in [-0.1, -0.05) is 0 Å². The van der Waals surface area contributed by atoms with Gasteiger partial charge in [0.1, 0.15) is 0 Å². The summed E-state index contributed by atoms with van der Waals surface area (Å²) in [5.74, 6) is 0. The first kappa shape index (κ1) is 22.9. The first-order chi connectivity index (χ1) is 10.8. The Morgan fingerprint density at radius 1 is 0.591 bits per heavy atom. The van der Waals surface area contributed by atoms with Gasteiger partial charge >= 0.3 is 156 Å². The Bertz CT molecular complexity index is 196. The summed E-state index contributed by atoms with van der Waals surface area (Å²) in [6.45, 7) is 2.67. The van der Waals surface area contributed by atoms with Crippen molar-refractivity contribution in [1.29, 1.82) is 0 Å². The Labute approximate surface area is 156 Å². The van der Waals surface area contributed by atoms with Crippen LogP contribution >= 0.6 is 0 Å². The van der Waals surface area contributed by atoms with Gasteiger partial charge in [-0.15, -0.1) is 0 Å². The Balaban J connectivity index is 3.11. The molecular formula is C20H42OPo. The van der Waals surface area contributed by atoms with Gasteiger partial charge < -0.3 is 0 Å². The fraction of sp³-hybridized carbons (Fsp3) is 1.00. The van der Waals surface area contributed by atoms with E-state index in [9.17, 15) is 0 Å². The van der Waals surface area contributed by atoms with Gasteiger partial charge in [0.25, 0.3) is 0 Å². The van der Waals surface area contributed by atoms with Crippen molar-refractivity contribution in [3.63, 3.8) is 0 Å². The SMILES string of the molecule is CCCCCCCCCCC[CH]([PoH])CCCCCCCCO. The molecular weight excluding hydrogens is 465 g/mol. The molecule has 0 saturated heterocycles. The monoisotopic (exact) mass is 507 g/mol. The minimum atomic E-state index is 0.375. The van der Waals surface area contributed by atoms with Gasteiger partial charge in [-0.05, 0) is 0 Å². The quantitative estimate of drug-likeness (QED) is 0.215. The van der Waals surface area contributed by atoms with Crippen LogP contribution in [0.2, 0.25) is 3.58 Å². The molecule has 0 aliphatic heterocycles. The third-order valence-corrected chi connectivity index (χ3v) is 6.59. The molecule has 0 spiro atoms. The summed E-state index contributed by atoms with van der Waals surface area (Å²) in [5, 5.41) is 8.73. The standard InChI is InChI=1S/C20H41O.Po.H/c1-2-3-4-5-6-7-8-9-10-11-12-13-14-15-16-17-18-19-20-21;;/h12,21H,2-11,13-20H2,1H3;;. The fourth-order valence-corrected chi connectivity index (χ4v) is 4.45. The summed E-state index contributed by atoms with van der Waals surface area (Å²) >= 11 is 1.61. The average Bonchev–Trinajstić information content (AvgIpc) is 2.52. The van der Waals surface area contributed by atoms with Crippen LogP contribution in [0.5, 0.6) is 0 Å². The van der Waals surface area contributed by atoms with E-state index in [2.05, 4.69) is 6.92 Å². The van der Waals surface area contributed by atoms with Crippen molar-refractivity contribution in [3.05, 3.63) is 0 Å². The van der Waals surface area contributed by atoms with Crippen LogP contribution < -0.4 is 0 Å². The molecule has 0 amide bonds. The molecule has 0 saturated carbocycles. The molecule has 1 atom stereocenters. The number of aliphatic hydroxyl groups excluding tert-OH is 1. The van der Waals surface area contributed by atoms with E-state index in [1.807, 2.05) is 0 Å². The van der Waals surface area contributed by atoms with Crippen LogP contribution in [0.25, 0.3) is 0 Å². The van der Waals surface area contributed by atoms with E-state index in [4.69, 9.17) is 5.11 Å². The van der Waals surface area contributed by atoms with Gasteiger partial charge in [0, 0.05) is 0 Å². The number of hydrogen-bond acceptors (Lipinski definition) is 1. The zero-order chi connectivity index (χ0) is 16.3. The Kier molecular flexibility index (Phi) is 20.7. The van der Waals surface area contributed by atoms with Crippen molar-refractivity contribution >= 4 is 25.1 Å². The third-order valence-electron chi connectivity index (χ3n) is 4.59. The van der Waals surface area contributed by atoms with Crippen LogP contribution in [0.1, 0.15) is 116 Å². The summed E-state index contributed by atoms with van der Waals surface area (Å²) in [5.41, 5.74) is 0. The van der Waals surface area contributed by atoms with E-state index >= 15 is 0 Å². The van der Waals surface area contributed by atoms with Gasteiger partial charge in [-0.25, -0.2) is 0 Å². The molecule has 2 heteroatoms. The Hall–Kier alpha value is 0.856. The van der Waals surface area contributed by atoms with Crippen molar-refractivity contribution in [3.8, 4) is 0 Å². The average molecular weight is 508 g/mol. The van der Waals surface area contributed by atoms with E-state index in [-0.39, 0.29) is 0 Å². The number of aliphatic hydroxyl groups is 1. The molecule has 0 fully saturated rings. The second kappa shape index (κ2) is 19.9. The first-order valence-corrected chi connectivity index (χ1v) is 12.1. The number of unbranched alkanes of at least 4 members (excludes halogenated alkanes) is 13. The molecule has 1 nitrogen and oxygen atoms in total. The van der Waals surface area contributed by atoms with Crippen LogP contribution in [0.4, 0.5) is 0 Å². The van der Waals surface area contributed by atoms with Crippen molar-refractivity contribution in [2.45, 2.75) is 120 Å². The maximum atomic E-state index is 8.73. The fourth-order valence-electron chi connectivity index (χ4n) is 3.03. The molecule has 0 aromatic heterocycles. The molecule has 0 radical (unpaired) electrons. The zero-order valence-electron chi connectivity index (χ0n) is 15.2. The van der Waals surface area contributed by atoms with Gasteiger partial charge in [-0.3, -0.25) is 0 Å². The molecule has 0 aromatic carbocycles. The van der Waals surface area contributed by atoms with E-state index in [1.54, 1.807) is 25.1 Å². The second-order valence-electron chi connectivity index (χ2n) is 6.90. The van der Waals surface area contributed by atoms with E-state index in [0.717, 1.165) is 10.00 Å². The predicted molar refractivity (Wildman–Crippen MR) is 102 cm³/mol. The summed E-state index contributed by atoms with van der Waals surface area (Å²) in [6, 6.07) is 0. The first-order valence-electron chi connectivity index (χ1n) is 10.1. The molecule has 0 heterocycles. The minimum absolute atomic E-state index is 0.375.